The third-order valence-corrected chi connectivity index (χ3v) is 5.50. The van der Waals surface area contributed by atoms with Crippen molar-refractivity contribution in [2.45, 2.75) is 25.7 Å². The van der Waals surface area contributed by atoms with Crippen molar-refractivity contribution in [3.8, 4) is 0 Å². The van der Waals surface area contributed by atoms with Crippen LogP contribution in [0.2, 0.25) is 0 Å². The summed E-state index contributed by atoms with van der Waals surface area (Å²) in [5, 5.41) is 0. The highest BCUT2D eigenvalue weighted by atomic mass is 32.2. The molecule has 0 atom stereocenters. The Hall–Kier alpha value is -2.34. The monoisotopic (exact) mass is 347 g/mol. The van der Waals surface area contributed by atoms with Crippen molar-refractivity contribution < 1.29 is 17.9 Å². The van der Waals surface area contributed by atoms with Crippen molar-refractivity contribution in [1.29, 1.82) is 0 Å². The second-order valence-corrected chi connectivity index (χ2v) is 7.55. The van der Waals surface area contributed by atoms with Crippen LogP contribution >= 0.6 is 0 Å². The molecule has 0 aliphatic carbocycles. The molecule has 0 N–H and O–H groups in total. The van der Waals surface area contributed by atoms with E-state index in [1.54, 1.807) is 30.3 Å². The van der Waals surface area contributed by atoms with Crippen LogP contribution in [0.3, 0.4) is 0 Å². The van der Waals surface area contributed by atoms with Gasteiger partial charge in [0.1, 0.15) is 6.54 Å². The van der Waals surface area contributed by atoms with Crippen LogP contribution in [0.1, 0.15) is 16.7 Å². The van der Waals surface area contributed by atoms with Crippen LogP contribution in [0, 0.1) is 20.8 Å². The molecule has 0 fully saturated rings. The van der Waals surface area contributed by atoms with E-state index < -0.39 is 16.0 Å². The van der Waals surface area contributed by atoms with Gasteiger partial charge in [-0.2, -0.15) is 0 Å². The van der Waals surface area contributed by atoms with Crippen LogP contribution in [-0.4, -0.2) is 28.0 Å². The lowest BCUT2D eigenvalue weighted by atomic mass is 10.1. The SMILES string of the molecule is COC(=O)CN(c1ccc(C)cc1C)S(=O)(=O)c1ccc(C)cc1. The van der Waals surface area contributed by atoms with E-state index in [1.165, 1.54) is 7.11 Å². The van der Waals surface area contributed by atoms with Crippen molar-refractivity contribution in [2.24, 2.45) is 0 Å². The summed E-state index contributed by atoms with van der Waals surface area (Å²) in [4.78, 5) is 11.9. The molecule has 0 bridgehead atoms. The minimum Gasteiger partial charge on any atom is -0.468 e. The van der Waals surface area contributed by atoms with Gasteiger partial charge in [-0.1, -0.05) is 35.4 Å². The average Bonchev–Trinajstić information content (AvgIpc) is 2.53. The van der Waals surface area contributed by atoms with Crippen molar-refractivity contribution in [1.82, 2.24) is 0 Å². The molecule has 0 aromatic heterocycles. The molecular formula is C18H21NO4S. The van der Waals surface area contributed by atoms with Gasteiger partial charge < -0.3 is 4.74 Å². The number of sulfonamides is 1. The Morgan fingerprint density at radius 3 is 2.12 bits per heavy atom. The molecule has 0 unspecified atom stereocenters. The summed E-state index contributed by atoms with van der Waals surface area (Å²) >= 11 is 0. The van der Waals surface area contributed by atoms with Crippen molar-refractivity contribution in [2.75, 3.05) is 18.0 Å². The standard InChI is InChI=1S/C18H21NO4S/c1-13-5-8-16(9-6-13)24(21,22)19(12-18(20)23-4)17-10-7-14(2)11-15(17)3/h5-11H,12H2,1-4H3. The lowest BCUT2D eigenvalue weighted by molar-refractivity contribution is -0.138. The second kappa shape index (κ2) is 7.05. The summed E-state index contributed by atoms with van der Waals surface area (Å²) in [5.74, 6) is -0.620. The summed E-state index contributed by atoms with van der Waals surface area (Å²) in [7, 11) is -2.64. The fourth-order valence-corrected chi connectivity index (χ4v) is 3.88. The molecule has 0 saturated carbocycles. The summed E-state index contributed by atoms with van der Waals surface area (Å²) in [6.45, 7) is 5.25. The number of ether oxygens (including phenoxy) is 1. The number of benzene rings is 2. The molecule has 2 aromatic carbocycles. The first-order valence-electron chi connectivity index (χ1n) is 7.49. The topological polar surface area (TPSA) is 63.7 Å². The van der Waals surface area contributed by atoms with Gasteiger partial charge in [0.05, 0.1) is 17.7 Å². The van der Waals surface area contributed by atoms with E-state index in [0.29, 0.717) is 5.69 Å². The molecule has 24 heavy (non-hydrogen) atoms. The highest BCUT2D eigenvalue weighted by molar-refractivity contribution is 7.92. The molecule has 0 amide bonds. The van der Waals surface area contributed by atoms with Crippen LogP contribution in [0.25, 0.3) is 0 Å². The third kappa shape index (κ3) is 3.76. The first-order valence-corrected chi connectivity index (χ1v) is 8.93. The lowest BCUT2D eigenvalue weighted by Crippen LogP contribution is -2.36. The summed E-state index contributed by atoms with van der Waals surface area (Å²) in [6.07, 6.45) is 0. The van der Waals surface area contributed by atoms with Crippen LogP contribution in [0.5, 0.6) is 0 Å². The number of hydrogen-bond donors (Lipinski definition) is 0. The molecule has 0 radical (unpaired) electrons. The fraction of sp³-hybridized carbons (Fsp3) is 0.278. The Balaban J connectivity index is 2.57. The number of esters is 1. The van der Waals surface area contributed by atoms with Gasteiger partial charge in [0.15, 0.2) is 0 Å². The van der Waals surface area contributed by atoms with Gasteiger partial charge in [-0.3, -0.25) is 9.10 Å². The maximum absolute atomic E-state index is 13.1. The predicted molar refractivity (Wildman–Crippen MR) is 93.6 cm³/mol. The van der Waals surface area contributed by atoms with E-state index in [0.717, 1.165) is 21.0 Å². The number of hydrogen-bond acceptors (Lipinski definition) is 4. The van der Waals surface area contributed by atoms with Crippen LogP contribution in [-0.2, 0) is 19.6 Å². The van der Waals surface area contributed by atoms with Crippen LogP contribution in [0.15, 0.2) is 47.4 Å². The molecule has 0 heterocycles. The zero-order valence-electron chi connectivity index (χ0n) is 14.2. The fourth-order valence-electron chi connectivity index (χ4n) is 2.40. The van der Waals surface area contributed by atoms with Gasteiger partial charge in [0, 0.05) is 0 Å². The molecule has 0 aliphatic rings. The molecule has 2 rings (SSSR count). The van der Waals surface area contributed by atoms with Crippen molar-refractivity contribution in [3.63, 3.8) is 0 Å². The van der Waals surface area contributed by atoms with Gasteiger partial charge in [0.2, 0.25) is 0 Å². The quantitative estimate of drug-likeness (QED) is 0.780. The van der Waals surface area contributed by atoms with Crippen molar-refractivity contribution >= 4 is 21.7 Å². The van der Waals surface area contributed by atoms with E-state index in [4.69, 9.17) is 0 Å². The Labute approximate surface area is 142 Å². The number of carbonyl (C=O) groups is 1. The molecule has 6 heteroatoms. The Morgan fingerprint density at radius 2 is 1.58 bits per heavy atom. The Morgan fingerprint density at radius 1 is 1.00 bits per heavy atom. The minimum absolute atomic E-state index is 0.136. The first-order chi connectivity index (χ1) is 11.3. The van der Waals surface area contributed by atoms with E-state index >= 15 is 0 Å². The van der Waals surface area contributed by atoms with Gasteiger partial charge in [0.25, 0.3) is 10.0 Å². The zero-order chi connectivity index (χ0) is 17.9. The highest BCUT2D eigenvalue weighted by Crippen LogP contribution is 2.27. The molecule has 0 aliphatic heterocycles. The second-order valence-electron chi connectivity index (χ2n) is 5.69. The summed E-state index contributed by atoms with van der Waals surface area (Å²) in [5.41, 5.74) is 3.21. The summed E-state index contributed by atoms with van der Waals surface area (Å²) in [6, 6.07) is 11.9. The normalized spacial score (nSPS) is 11.2. The number of nitrogens with zero attached hydrogens (tertiary/aromatic N) is 1. The van der Waals surface area contributed by atoms with Crippen molar-refractivity contribution in [3.05, 3.63) is 59.2 Å². The molecule has 2 aromatic rings. The van der Waals surface area contributed by atoms with E-state index in [-0.39, 0.29) is 11.4 Å². The smallest absolute Gasteiger partial charge is 0.326 e. The van der Waals surface area contributed by atoms with Gasteiger partial charge in [-0.05, 0) is 44.5 Å². The Kier molecular flexibility index (Phi) is 5.29. The zero-order valence-corrected chi connectivity index (χ0v) is 15.1. The number of rotatable bonds is 5. The molecule has 128 valence electrons. The van der Waals surface area contributed by atoms with Crippen LogP contribution < -0.4 is 4.31 Å². The Bertz CT molecular complexity index is 842. The lowest BCUT2D eigenvalue weighted by Gasteiger charge is -2.25. The number of carbonyl (C=O) groups excluding carboxylic acids is 1. The third-order valence-electron chi connectivity index (χ3n) is 3.73. The number of aryl methyl sites for hydroxylation is 3. The minimum atomic E-state index is -3.88. The molecular weight excluding hydrogens is 326 g/mol. The highest BCUT2D eigenvalue weighted by Gasteiger charge is 2.28. The maximum Gasteiger partial charge on any atom is 0.326 e. The molecule has 5 nitrogen and oxygen atoms in total. The number of anilines is 1. The average molecular weight is 347 g/mol. The maximum atomic E-state index is 13.1. The van der Waals surface area contributed by atoms with Gasteiger partial charge >= 0.3 is 5.97 Å². The van der Waals surface area contributed by atoms with E-state index in [2.05, 4.69) is 4.74 Å². The predicted octanol–water partition coefficient (Wildman–Crippen LogP) is 2.98. The van der Waals surface area contributed by atoms with Crippen LogP contribution in [0.4, 0.5) is 5.69 Å². The first kappa shape index (κ1) is 18.0. The largest absolute Gasteiger partial charge is 0.468 e. The van der Waals surface area contributed by atoms with E-state index in [1.807, 2.05) is 32.9 Å². The molecule has 0 spiro atoms. The van der Waals surface area contributed by atoms with Gasteiger partial charge in [-0.25, -0.2) is 8.42 Å². The van der Waals surface area contributed by atoms with Gasteiger partial charge in [-0.15, -0.1) is 0 Å². The number of methoxy groups -OCH3 is 1. The van der Waals surface area contributed by atoms with E-state index in [9.17, 15) is 13.2 Å². The molecule has 0 saturated heterocycles. The summed E-state index contributed by atoms with van der Waals surface area (Å²) < 4.78 is 31.9.